The fourth-order valence-corrected chi connectivity index (χ4v) is 1.32. The predicted octanol–water partition coefficient (Wildman–Crippen LogP) is 0.689. The van der Waals surface area contributed by atoms with E-state index in [4.69, 9.17) is 0 Å². The maximum atomic E-state index is 11.2. The molecule has 2 N–H and O–H groups in total. The van der Waals surface area contributed by atoms with Gasteiger partial charge in [0.15, 0.2) is 0 Å². The van der Waals surface area contributed by atoms with Crippen LogP contribution in [-0.2, 0) is 37.5 Å². The zero-order valence-corrected chi connectivity index (χ0v) is 10.5. The van der Waals surface area contributed by atoms with Crippen LogP contribution in [0.15, 0.2) is 29.1 Å². The Morgan fingerprint density at radius 2 is 1.93 bits per heavy atom. The van der Waals surface area contributed by atoms with E-state index in [2.05, 4.69) is 4.98 Å². The Kier molecular flexibility index (Phi) is 3.77. The molecule has 15 heavy (non-hydrogen) atoms. The van der Waals surface area contributed by atoms with E-state index in [9.17, 15) is 14.7 Å². The van der Waals surface area contributed by atoms with Gasteiger partial charge in [0.1, 0.15) is 5.56 Å². The van der Waals surface area contributed by atoms with E-state index in [0.717, 1.165) is 0 Å². The number of hydrogen-bond acceptors (Lipinski definition) is 3. The van der Waals surface area contributed by atoms with Crippen LogP contribution >= 0.6 is 0 Å². The average Bonchev–Trinajstić information content (AvgIpc) is 2.18. The van der Waals surface area contributed by atoms with E-state index < -0.39 is 5.56 Å². The fourth-order valence-electron chi connectivity index (χ4n) is 1.32. The van der Waals surface area contributed by atoms with Gasteiger partial charge in [0, 0.05) is 44.0 Å². The molecule has 0 saturated heterocycles. The maximum Gasteiger partial charge on any atom is 0.146 e. The largest absolute Gasteiger partial charge is 0.564 e. The van der Waals surface area contributed by atoms with Crippen LogP contribution in [0.2, 0.25) is 0 Å². The minimum absolute atomic E-state index is 0. The molecule has 2 aromatic rings. The molecule has 1 aromatic heterocycles. The minimum atomic E-state index is -0.629. The van der Waals surface area contributed by atoms with Crippen LogP contribution in [0.1, 0.15) is 5.56 Å². The molecular weight excluding hydrogens is 271 g/mol. The summed E-state index contributed by atoms with van der Waals surface area (Å²) in [5, 5.41) is 9.98. The van der Waals surface area contributed by atoms with Gasteiger partial charge in [-0.3, -0.25) is 0 Å². The van der Waals surface area contributed by atoms with Gasteiger partial charge in [0.25, 0.3) is 0 Å². The van der Waals surface area contributed by atoms with Crippen molar-refractivity contribution in [2.45, 2.75) is 0 Å². The molecule has 1 heterocycles. The average molecular weight is 277 g/mol. The predicted molar refractivity (Wildman–Crippen MR) is 51.0 cm³/mol. The topological polar surface area (TPSA) is 70.2 Å². The van der Waals surface area contributed by atoms with Gasteiger partial charge in [0.05, 0.1) is 6.29 Å². The molecule has 2 rings (SSSR count). The molecule has 0 atom stereocenters. The summed E-state index contributed by atoms with van der Waals surface area (Å²) in [4.78, 5) is 24.1. The number of aromatic nitrogens is 1. The zero-order chi connectivity index (χ0) is 10.1. The van der Waals surface area contributed by atoms with Crippen molar-refractivity contribution >= 4 is 17.2 Å². The Balaban J connectivity index is 0.00000112. The van der Waals surface area contributed by atoms with E-state index in [-0.39, 0.29) is 44.0 Å². The smallest absolute Gasteiger partial charge is 0.146 e. The van der Waals surface area contributed by atoms with Crippen LogP contribution in [0.4, 0.5) is 0 Å². The molecule has 1 radical (unpaired) electrons. The summed E-state index contributed by atoms with van der Waals surface area (Å²) in [5.74, 6) is -0.320. The molecule has 0 aliphatic carbocycles. The first kappa shape index (κ1) is 12.1. The van der Waals surface area contributed by atoms with Crippen molar-refractivity contribution in [1.29, 1.82) is 0 Å². The number of rotatable bonds is 1. The summed E-state index contributed by atoms with van der Waals surface area (Å²) in [6.45, 7) is 0. The van der Waals surface area contributed by atoms with Crippen LogP contribution in [0, 0.1) is 0 Å². The molecule has 73 valence electrons. The number of benzene rings is 1. The number of aromatic amines is 1. The van der Waals surface area contributed by atoms with Crippen LogP contribution in [0.5, 0.6) is 5.75 Å². The van der Waals surface area contributed by atoms with Crippen molar-refractivity contribution in [3.8, 4) is 5.75 Å². The van der Waals surface area contributed by atoms with E-state index in [0.29, 0.717) is 10.9 Å². The van der Waals surface area contributed by atoms with E-state index >= 15 is 0 Å². The molecule has 0 fully saturated rings. The van der Waals surface area contributed by atoms with E-state index in [1.165, 1.54) is 6.29 Å². The van der Waals surface area contributed by atoms with Gasteiger partial charge in [-0.2, -0.15) is 0 Å². The Bertz CT molecular complexity index is 562. The number of aromatic hydroxyl groups is 1. The molecule has 0 spiro atoms. The SMILES string of the molecule is O=[C-]c1c(O)c2ccccc2[nH]c1=O.[Y]. The van der Waals surface area contributed by atoms with Crippen molar-refractivity contribution in [2.24, 2.45) is 0 Å². The van der Waals surface area contributed by atoms with Crippen molar-refractivity contribution in [1.82, 2.24) is 4.98 Å². The second kappa shape index (κ2) is 4.68. The summed E-state index contributed by atoms with van der Waals surface area (Å²) >= 11 is 0. The van der Waals surface area contributed by atoms with Crippen LogP contribution in [0.25, 0.3) is 10.9 Å². The van der Waals surface area contributed by atoms with Crippen molar-refractivity contribution < 1.29 is 42.6 Å². The molecule has 0 amide bonds. The summed E-state index contributed by atoms with van der Waals surface area (Å²) in [6, 6.07) is 6.68. The third-order valence-electron chi connectivity index (χ3n) is 2.00. The monoisotopic (exact) mass is 277 g/mol. The molecule has 0 aliphatic rings. The number of nitrogens with one attached hydrogen (secondary N) is 1. The molecule has 0 bridgehead atoms. The molecule has 0 saturated carbocycles. The number of carbonyl (C=O) groups excluding carboxylic acids is 1. The number of pyridine rings is 1. The Morgan fingerprint density at radius 1 is 1.27 bits per heavy atom. The first-order valence-electron chi connectivity index (χ1n) is 3.96. The van der Waals surface area contributed by atoms with Crippen LogP contribution < -0.4 is 5.56 Å². The van der Waals surface area contributed by atoms with Gasteiger partial charge in [-0.05, 0) is 17.0 Å². The second-order valence-corrected chi connectivity index (χ2v) is 2.83. The zero-order valence-electron chi connectivity index (χ0n) is 7.65. The van der Waals surface area contributed by atoms with Gasteiger partial charge < -0.3 is 19.7 Å². The molecule has 1 aromatic carbocycles. The Morgan fingerprint density at radius 3 is 2.60 bits per heavy atom. The first-order chi connectivity index (χ1) is 6.74. The van der Waals surface area contributed by atoms with Crippen LogP contribution in [0.3, 0.4) is 0 Å². The van der Waals surface area contributed by atoms with Gasteiger partial charge >= 0.3 is 0 Å². The Labute approximate surface area is 110 Å². The molecule has 0 aliphatic heterocycles. The third kappa shape index (κ3) is 2.01. The normalized spacial score (nSPS) is 9.60. The minimum Gasteiger partial charge on any atom is -0.564 e. The summed E-state index contributed by atoms with van der Waals surface area (Å²) in [7, 11) is 0. The maximum absolute atomic E-state index is 11.2. The van der Waals surface area contributed by atoms with Gasteiger partial charge in [-0.15, -0.1) is 0 Å². The van der Waals surface area contributed by atoms with E-state index in [1.54, 1.807) is 24.3 Å². The van der Waals surface area contributed by atoms with E-state index in [1.807, 2.05) is 0 Å². The van der Waals surface area contributed by atoms with Crippen molar-refractivity contribution in [2.75, 3.05) is 0 Å². The standard InChI is InChI=1S/C10H6NO3.Y/c12-5-7-9(13)6-3-1-2-4-8(6)11-10(7)14;/h1-4H,(H2,11,13,14);/q-1;. The summed E-state index contributed by atoms with van der Waals surface area (Å²) in [5.41, 5.74) is -0.492. The molecular formula is C10H6NO3Y-. The number of hydrogen-bond donors (Lipinski definition) is 2. The fraction of sp³-hybridized carbons (Fsp3) is 0. The number of fused-ring (bicyclic) bond motifs is 1. The van der Waals surface area contributed by atoms with Gasteiger partial charge in [-0.1, -0.05) is 18.2 Å². The first-order valence-corrected chi connectivity index (χ1v) is 3.96. The second-order valence-electron chi connectivity index (χ2n) is 2.83. The molecule has 5 heteroatoms. The van der Waals surface area contributed by atoms with Crippen LogP contribution in [-0.4, -0.2) is 16.4 Å². The summed E-state index contributed by atoms with van der Waals surface area (Å²) in [6.07, 6.45) is 1.41. The quantitative estimate of drug-likeness (QED) is 0.753. The number of para-hydroxylation sites is 1. The van der Waals surface area contributed by atoms with Crippen molar-refractivity contribution in [3.05, 3.63) is 40.2 Å². The summed E-state index contributed by atoms with van der Waals surface area (Å²) < 4.78 is 0. The third-order valence-corrected chi connectivity index (χ3v) is 2.00. The van der Waals surface area contributed by atoms with Gasteiger partial charge in [0.2, 0.25) is 0 Å². The van der Waals surface area contributed by atoms with Crippen molar-refractivity contribution in [3.63, 3.8) is 0 Å². The Hall–Kier alpha value is -0.996. The van der Waals surface area contributed by atoms with Gasteiger partial charge in [-0.25, -0.2) is 0 Å². The molecule has 4 nitrogen and oxygen atoms in total. The molecule has 0 unspecified atom stereocenters. The number of H-pyrrole nitrogens is 1.